The van der Waals surface area contributed by atoms with Crippen LogP contribution in [0.25, 0.3) is 6.08 Å². The number of carbonyl (C=O) groups is 1. The molecule has 5 heteroatoms. The highest BCUT2D eigenvalue weighted by Crippen LogP contribution is 2.20. The van der Waals surface area contributed by atoms with Gasteiger partial charge in [-0.05, 0) is 35.9 Å². The zero-order chi connectivity index (χ0) is 17.6. The van der Waals surface area contributed by atoms with E-state index < -0.39 is 0 Å². The molecule has 0 atom stereocenters. The van der Waals surface area contributed by atoms with Crippen molar-refractivity contribution in [1.29, 1.82) is 0 Å². The van der Waals surface area contributed by atoms with Gasteiger partial charge in [0.05, 0.1) is 12.8 Å². The molecule has 2 aromatic rings. The Hall–Kier alpha value is -2.82. The molecule has 130 valence electrons. The SMILES string of the molecule is COc1ccc(/C=C/C(=O)N2CCN(c3ccccc3F)CC2)cc1. The molecule has 0 aromatic heterocycles. The highest BCUT2D eigenvalue weighted by atomic mass is 19.1. The van der Waals surface area contributed by atoms with Gasteiger partial charge >= 0.3 is 0 Å². The Labute approximate surface area is 147 Å². The lowest BCUT2D eigenvalue weighted by molar-refractivity contribution is -0.126. The summed E-state index contributed by atoms with van der Waals surface area (Å²) in [5, 5.41) is 0. The summed E-state index contributed by atoms with van der Waals surface area (Å²) in [6.07, 6.45) is 3.38. The molecule has 0 N–H and O–H groups in total. The topological polar surface area (TPSA) is 32.8 Å². The van der Waals surface area contributed by atoms with Crippen molar-refractivity contribution in [2.75, 3.05) is 38.2 Å². The van der Waals surface area contributed by atoms with Crippen molar-refractivity contribution in [2.24, 2.45) is 0 Å². The third-order valence-corrected chi connectivity index (χ3v) is 4.32. The first-order valence-corrected chi connectivity index (χ1v) is 8.28. The second kappa shape index (κ2) is 7.83. The van der Waals surface area contributed by atoms with E-state index in [1.54, 1.807) is 36.3 Å². The number of nitrogens with zero attached hydrogens (tertiary/aromatic N) is 2. The van der Waals surface area contributed by atoms with Gasteiger partial charge in [0.2, 0.25) is 5.91 Å². The normalized spacial score (nSPS) is 14.8. The fourth-order valence-corrected chi connectivity index (χ4v) is 2.86. The third kappa shape index (κ3) is 4.18. The van der Waals surface area contributed by atoms with Crippen molar-refractivity contribution < 1.29 is 13.9 Å². The summed E-state index contributed by atoms with van der Waals surface area (Å²) in [7, 11) is 1.62. The van der Waals surface area contributed by atoms with E-state index in [9.17, 15) is 9.18 Å². The Kier molecular flexibility index (Phi) is 5.33. The first-order chi connectivity index (χ1) is 12.2. The minimum absolute atomic E-state index is 0.0241. The average Bonchev–Trinajstić information content (AvgIpc) is 2.67. The smallest absolute Gasteiger partial charge is 0.246 e. The van der Waals surface area contributed by atoms with E-state index in [1.165, 1.54) is 6.07 Å². The molecular weight excluding hydrogens is 319 g/mol. The summed E-state index contributed by atoms with van der Waals surface area (Å²) in [6.45, 7) is 2.42. The molecule has 1 heterocycles. The van der Waals surface area contributed by atoms with Crippen LogP contribution in [0.5, 0.6) is 5.75 Å². The van der Waals surface area contributed by atoms with Gasteiger partial charge in [-0.3, -0.25) is 4.79 Å². The van der Waals surface area contributed by atoms with Crippen LogP contribution in [0.3, 0.4) is 0 Å². The molecule has 4 nitrogen and oxygen atoms in total. The van der Waals surface area contributed by atoms with Crippen LogP contribution in [0.15, 0.2) is 54.6 Å². The first kappa shape index (κ1) is 17.0. The molecule has 1 saturated heterocycles. The fourth-order valence-electron chi connectivity index (χ4n) is 2.86. The molecule has 0 saturated carbocycles. The van der Waals surface area contributed by atoms with Crippen LogP contribution in [-0.2, 0) is 4.79 Å². The molecule has 2 aromatic carbocycles. The molecule has 0 spiro atoms. The Morgan fingerprint density at radius 1 is 1.04 bits per heavy atom. The number of halogens is 1. The number of anilines is 1. The molecule has 0 aliphatic carbocycles. The van der Waals surface area contributed by atoms with Crippen molar-refractivity contribution in [1.82, 2.24) is 4.90 Å². The Morgan fingerprint density at radius 3 is 2.36 bits per heavy atom. The standard InChI is InChI=1S/C20H21FN2O2/c1-25-17-9-6-16(7-10-17)8-11-20(24)23-14-12-22(13-15-23)19-5-3-2-4-18(19)21/h2-11H,12-15H2,1H3/b11-8+. The van der Waals surface area contributed by atoms with E-state index in [2.05, 4.69) is 0 Å². The number of benzene rings is 2. The molecule has 1 aliphatic rings. The molecule has 25 heavy (non-hydrogen) atoms. The summed E-state index contributed by atoms with van der Waals surface area (Å²) in [5.41, 5.74) is 1.54. The number of piperazine rings is 1. The highest BCUT2D eigenvalue weighted by molar-refractivity contribution is 5.92. The van der Waals surface area contributed by atoms with Crippen molar-refractivity contribution in [3.8, 4) is 5.75 Å². The van der Waals surface area contributed by atoms with Gasteiger partial charge in [0.25, 0.3) is 0 Å². The maximum Gasteiger partial charge on any atom is 0.246 e. The Morgan fingerprint density at radius 2 is 1.72 bits per heavy atom. The number of hydrogen-bond donors (Lipinski definition) is 0. The predicted molar refractivity (Wildman–Crippen MR) is 97.2 cm³/mol. The molecule has 1 aliphatic heterocycles. The number of methoxy groups -OCH3 is 1. The van der Waals surface area contributed by atoms with Crippen molar-refractivity contribution in [2.45, 2.75) is 0 Å². The van der Waals surface area contributed by atoms with Crippen LogP contribution in [0.1, 0.15) is 5.56 Å². The zero-order valence-electron chi connectivity index (χ0n) is 14.2. The Bertz CT molecular complexity index is 751. The number of amides is 1. The lowest BCUT2D eigenvalue weighted by Crippen LogP contribution is -2.48. The molecule has 3 rings (SSSR count). The maximum absolute atomic E-state index is 13.9. The molecule has 0 bridgehead atoms. The van der Waals surface area contributed by atoms with E-state index in [0.717, 1.165) is 11.3 Å². The molecule has 0 unspecified atom stereocenters. The van der Waals surface area contributed by atoms with Gasteiger partial charge in [-0.1, -0.05) is 24.3 Å². The molecule has 1 fully saturated rings. The van der Waals surface area contributed by atoms with Crippen LogP contribution >= 0.6 is 0 Å². The largest absolute Gasteiger partial charge is 0.497 e. The van der Waals surface area contributed by atoms with Gasteiger partial charge in [-0.15, -0.1) is 0 Å². The predicted octanol–water partition coefficient (Wildman–Crippen LogP) is 3.20. The third-order valence-electron chi connectivity index (χ3n) is 4.32. The minimum atomic E-state index is -0.221. The summed E-state index contributed by atoms with van der Waals surface area (Å²) in [6, 6.07) is 14.3. The number of para-hydroxylation sites is 1. The van der Waals surface area contributed by atoms with Crippen LogP contribution in [0, 0.1) is 5.82 Å². The summed E-state index contributed by atoms with van der Waals surface area (Å²) in [5.74, 6) is 0.540. The molecular formula is C20H21FN2O2. The van der Waals surface area contributed by atoms with Gasteiger partial charge in [-0.2, -0.15) is 0 Å². The maximum atomic E-state index is 13.9. The minimum Gasteiger partial charge on any atom is -0.497 e. The van der Waals surface area contributed by atoms with Crippen molar-refractivity contribution >= 4 is 17.7 Å². The average molecular weight is 340 g/mol. The van der Waals surface area contributed by atoms with Crippen LogP contribution in [0.2, 0.25) is 0 Å². The first-order valence-electron chi connectivity index (χ1n) is 8.28. The number of rotatable bonds is 4. The van der Waals surface area contributed by atoms with E-state index in [-0.39, 0.29) is 11.7 Å². The summed E-state index contributed by atoms with van der Waals surface area (Å²) >= 11 is 0. The van der Waals surface area contributed by atoms with E-state index in [0.29, 0.717) is 31.9 Å². The highest BCUT2D eigenvalue weighted by Gasteiger charge is 2.21. The van der Waals surface area contributed by atoms with E-state index in [4.69, 9.17) is 4.74 Å². The second-order valence-electron chi connectivity index (χ2n) is 5.87. The van der Waals surface area contributed by atoms with Gasteiger partial charge in [0.1, 0.15) is 11.6 Å². The summed E-state index contributed by atoms with van der Waals surface area (Å²) < 4.78 is 19.0. The second-order valence-corrected chi connectivity index (χ2v) is 5.87. The number of ether oxygens (including phenoxy) is 1. The van der Waals surface area contributed by atoms with Gasteiger partial charge < -0.3 is 14.5 Å². The number of carbonyl (C=O) groups excluding carboxylic acids is 1. The Balaban J connectivity index is 1.56. The lowest BCUT2D eigenvalue weighted by Gasteiger charge is -2.35. The van der Waals surface area contributed by atoms with Crippen molar-refractivity contribution in [3.63, 3.8) is 0 Å². The van der Waals surface area contributed by atoms with Crippen LogP contribution in [0.4, 0.5) is 10.1 Å². The zero-order valence-corrected chi connectivity index (χ0v) is 14.2. The van der Waals surface area contributed by atoms with Crippen LogP contribution < -0.4 is 9.64 Å². The van der Waals surface area contributed by atoms with E-state index >= 15 is 0 Å². The lowest BCUT2D eigenvalue weighted by atomic mass is 10.2. The van der Waals surface area contributed by atoms with Crippen molar-refractivity contribution in [3.05, 3.63) is 66.0 Å². The monoisotopic (exact) mass is 340 g/mol. The van der Waals surface area contributed by atoms with E-state index in [1.807, 2.05) is 35.2 Å². The number of hydrogen-bond acceptors (Lipinski definition) is 3. The van der Waals surface area contributed by atoms with Crippen LogP contribution in [-0.4, -0.2) is 44.1 Å². The van der Waals surface area contributed by atoms with Gasteiger partial charge in [0.15, 0.2) is 0 Å². The molecule has 1 amide bonds. The quantitative estimate of drug-likeness (QED) is 0.802. The summed E-state index contributed by atoms with van der Waals surface area (Å²) in [4.78, 5) is 16.1. The van der Waals surface area contributed by atoms with Gasteiger partial charge in [-0.25, -0.2) is 4.39 Å². The fraction of sp³-hybridized carbons (Fsp3) is 0.250. The molecule has 0 radical (unpaired) electrons. The van der Waals surface area contributed by atoms with Gasteiger partial charge in [0, 0.05) is 32.3 Å².